The van der Waals surface area contributed by atoms with Crippen molar-refractivity contribution in [3.63, 3.8) is 0 Å². The third-order valence-corrected chi connectivity index (χ3v) is 2.60. The van der Waals surface area contributed by atoms with Crippen molar-refractivity contribution in [3.8, 4) is 5.75 Å². The van der Waals surface area contributed by atoms with Crippen LogP contribution in [0.5, 0.6) is 5.75 Å². The smallest absolute Gasteiger partial charge is 0.336 e. The summed E-state index contributed by atoms with van der Waals surface area (Å²) in [5.74, 6) is 0.221. The predicted molar refractivity (Wildman–Crippen MR) is 66.6 cm³/mol. The van der Waals surface area contributed by atoms with Crippen LogP contribution in [0.2, 0.25) is 0 Å². The second-order valence-electron chi connectivity index (χ2n) is 4.12. The lowest BCUT2D eigenvalue weighted by atomic mass is 10.2. The maximum Gasteiger partial charge on any atom is 0.336 e. The van der Waals surface area contributed by atoms with E-state index in [9.17, 15) is 10.1 Å². The highest BCUT2D eigenvalue weighted by Crippen LogP contribution is 2.34. The fourth-order valence-corrected chi connectivity index (χ4v) is 1.89. The summed E-state index contributed by atoms with van der Waals surface area (Å²) < 4.78 is 6.57. The van der Waals surface area contributed by atoms with E-state index in [1.165, 1.54) is 7.11 Å². The van der Waals surface area contributed by atoms with Crippen LogP contribution in [0.25, 0.3) is 10.9 Å². The number of nitro benzene ring substituents is 1. The van der Waals surface area contributed by atoms with E-state index < -0.39 is 4.92 Å². The second kappa shape index (κ2) is 4.61. The zero-order valence-corrected chi connectivity index (χ0v) is 10.2. The van der Waals surface area contributed by atoms with Gasteiger partial charge in [-0.05, 0) is 19.1 Å². The largest absolute Gasteiger partial charge is 0.490 e. The maximum atomic E-state index is 11.2. The van der Waals surface area contributed by atoms with Crippen LogP contribution in [-0.2, 0) is 6.54 Å². The summed E-state index contributed by atoms with van der Waals surface area (Å²) in [6.07, 6.45) is 1.59. The molecule has 0 amide bonds. The molecule has 18 heavy (non-hydrogen) atoms. The molecule has 2 rings (SSSR count). The third kappa shape index (κ3) is 2.00. The normalized spacial score (nSPS) is 12.6. The molecule has 7 heteroatoms. The van der Waals surface area contributed by atoms with Gasteiger partial charge in [-0.3, -0.25) is 14.8 Å². The number of aromatic nitrogens is 2. The van der Waals surface area contributed by atoms with Crippen molar-refractivity contribution in [3.05, 3.63) is 28.4 Å². The molecule has 96 valence electrons. The number of nitrogens with zero attached hydrogens (tertiary/aromatic N) is 3. The van der Waals surface area contributed by atoms with Gasteiger partial charge < -0.3 is 10.5 Å². The standard InChI is InChI=1S/C11H14N4O3/c1-7(12)6-14-10-8(5-13-14)3-4-9(18-2)11(10)15(16)17/h3-5,7H,6,12H2,1-2H3/t7-/m0/s1. The minimum atomic E-state index is -0.458. The molecule has 2 aromatic rings. The van der Waals surface area contributed by atoms with Crippen molar-refractivity contribution < 1.29 is 9.66 Å². The highest BCUT2D eigenvalue weighted by molar-refractivity contribution is 5.90. The third-order valence-electron chi connectivity index (χ3n) is 2.60. The lowest BCUT2D eigenvalue weighted by Crippen LogP contribution is -2.22. The number of ether oxygens (including phenoxy) is 1. The van der Waals surface area contributed by atoms with Crippen LogP contribution in [0.1, 0.15) is 6.92 Å². The number of benzene rings is 1. The van der Waals surface area contributed by atoms with E-state index in [2.05, 4.69) is 5.10 Å². The molecule has 0 spiro atoms. The summed E-state index contributed by atoms with van der Waals surface area (Å²) in [5.41, 5.74) is 6.07. The summed E-state index contributed by atoms with van der Waals surface area (Å²) in [5, 5.41) is 16.0. The molecule has 0 aliphatic carbocycles. The Morgan fingerprint density at radius 3 is 2.89 bits per heavy atom. The molecule has 0 bridgehead atoms. The molecular formula is C11H14N4O3. The molecule has 1 atom stereocenters. The number of methoxy groups -OCH3 is 1. The highest BCUT2D eigenvalue weighted by atomic mass is 16.6. The van der Waals surface area contributed by atoms with Gasteiger partial charge in [-0.15, -0.1) is 0 Å². The van der Waals surface area contributed by atoms with Crippen LogP contribution in [-0.4, -0.2) is 27.9 Å². The molecule has 0 radical (unpaired) electrons. The van der Waals surface area contributed by atoms with Crippen LogP contribution >= 0.6 is 0 Å². The average molecular weight is 250 g/mol. The van der Waals surface area contributed by atoms with Crippen molar-refractivity contribution in [2.45, 2.75) is 19.5 Å². The highest BCUT2D eigenvalue weighted by Gasteiger charge is 2.23. The van der Waals surface area contributed by atoms with E-state index in [-0.39, 0.29) is 17.5 Å². The first-order chi connectivity index (χ1) is 8.54. The van der Waals surface area contributed by atoms with Crippen LogP contribution < -0.4 is 10.5 Å². The predicted octanol–water partition coefficient (Wildman–Crippen LogP) is 1.30. The summed E-state index contributed by atoms with van der Waals surface area (Å²) in [6, 6.07) is 3.17. The Morgan fingerprint density at radius 2 is 2.33 bits per heavy atom. The van der Waals surface area contributed by atoms with Gasteiger partial charge in [-0.25, -0.2) is 0 Å². The van der Waals surface area contributed by atoms with E-state index in [1.807, 2.05) is 6.92 Å². The summed E-state index contributed by atoms with van der Waals surface area (Å²) in [4.78, 5) is 10.7. The fourth-order valence-electron chi connectivity index (χ4n) is 1.89. The molecular weight excluding hydrogens is 236 g/mol. The first kappa shape index (κ1) is 12.3. The first-order valence-electron chi connectivity index (χ1n) is 5.47. The maximum absolute atomic E-state index is 11.2. The van der Waals surface area contributed by atoms with Crippen molar-refractivity contribution in [1.29, 1.82) is 0 Å². The van der Waals surface area contributed by atoms with Gasteiger partial charge >= 0.3 is 5.69 Å². The number of hydrogen-bond donors (Lipinski definition) is 1. The molecule has 0 aliphatic heterocycles. The van der Waals surface area contributed by atoms with Crippen LogP contribution in [0, 0.1) is 10.1 Å². The van der Waals surface area contributed by atoms with E-state index >= 15 is 0 Å². The Kier molecular flexibility index (Phi) is 3.15. The van der Waals surface area contributed by atoms with Crippen molar-refractivity contribution in [2.75, 3.05) is 7.11 Å². The molecule has 0 unspecified atom stereocenters. The van der Waals surface area contributed by atoms with E-state index in [4.69, 9.17) is 10.5 Å². The molecule has 7 nitrogen and oxygen atoms in total. The monoisotopic (exact) mass is 250 g/mol. The number of nitrogens with two attached hydrogens (primary N) is 1. The minimum absolute atomic E-state index is 0.0758. The van der Waals surface area contributed by atoms with E-state index in [0.29, 0.717) is 17.4 Å². The van der Waals surface area contributed by atoms with Crippen LogP contribution in [0.3, 0.4) is 0 Å². The lowest BCUT2D eigenvalue weighted by Gasteiger charge is -2.08. The number of nitro groups is 1. The molecule has 0 fully saturated rings. The van der Waals surface area contributed by atoms with Gasteiger partial charge in [0.25, 0.3) is 0 Å². The van der Waals surface area contributed by atoms with Gasteiger partial charge in [0.2, 0.25) is 0 Å². The van der Waals surface area contributed by atoms with Gasteiger partial charge in [0, 0.05) is 11.4 Å². The van der Waals surface area contributed by atoms with Gasteiger partial charge in [0.15, 0.2) is 5.75 Å². The molecule has 0 saturated heterocycles. The quantitative estimate of drug-likeness (QED) is 0.651. The van der Waals surface area contributed by atoms with Gasteiger partial charge in [-0.1, -0.05) is 0 Å². The Morgan fingerprint density at radius 1 is 1.61 bits per heavy atom. The number of rotatable bonds is 4. The summed E-state index contributed by atoms with van der Waals surface area (Å²) >= 11 is 0. The molecule has 0 aliphatic rings. The molecule has 0 saturated carbocycles. The van der Waals surface area contributed by atoms with Gasteiger partial charge in [-0.2, -0.15) is 5.10 Å². The van der Waals surface area contributed by atoms with Crippen molar-refractivity contribution in [1.82, 2.24) is 9.78 Å². The molecule has 1 aromatic carbocycles. The fraction of sp³-hybridized carbons (Fsp3) is 0.364. The first-order valence-corrected chi connectivity index (χ1v) is 5.47. The zero-order chi connectivity index (χ0) is 13.3. The summed E-state index contributed by atoms with van der Waals surface area (Å²) in [6.45, 7) is 2.23. The minimum Gasteiger partial charge on any atom is -0.490 e. The average Bonchev–Trinajstić information content (AvgIpc) is 2.70. The Hall–Kier alpha value is -2.15. The molecule has 1 aromatic heterocycles. The summed E-state index contributed by atoms with van der Waals surface area (Å²) in [7, 11) is 1.40. The molecule has 2 N–H and O–H groups in total. The molecule has 1 heterocycles. The Bertz CT molecular complexity index is 591. The zero-order valence-electron chi connectivity index (χ0n) is 10.2. The number of hydrogen-bond acceptors (Lipinski definition) is 5. The van der Waals surface area contributed by atoms with Crippen LogP contribution in [0.15, 0.2) is 18.3 Å². The van der Waals surface area contributed by atoms with Crippen molar-refractivity contribution >= 4 is 16.6 Å². The van der Waals surface area contributed by atoms with E-state index in [1.54, 1.807) is 23.0 Å². The lowest BCUT2D eigenvalue weighted by molar-refractivity contribution is -0.384. The van der Waals surface area contributed by atoms with Crippen LogP contribution in [0.4, 0.5) is 5.69 Å². The Labute approximate surface area is 103 Å². The van der Waals surface area contributed by atoms with E-state index in [0.717, 1.165) is 0 Å². The Balaban J connectivity index is 2.72. The number of fused-ring (bicyclic) bond motifs is 1. The van der Waals surface area contributed by atoms with Crippen molar-refractivity contribution in [2.24, 2.45) is 5.73 Å². The van der Waals surface area contributed by atoms with Gasteiger partial charge in [0.1, 0.15) is 5.52 Å². The second-order valence-corrected chi connectivity index (χ2v) is 4.12. The SMILES string of the molecule is COc1ccc2cnn(C[C@H](C)N)c2c1[N+](=O)[O-]. The topological polar surface area (TPSA) is 96.2 Å². The van der Waals surface area contributed by atoms with Gasteiger partial charge in [0.05, 0.1) is 24.8 Å².